The van der Waals surface area contributed by atoms with E-state index >= 15 is 0 Å². The van der Waals surface area contributed by atoms with Gasteiger partial charge in [0.2, 0.25) is 11.9 Å². The maximum absolute atomic E-state index is 11.9. The lowest BCUT2D eigenvalue weighted by Crippen LogP contribution is -2.56. The number of amides is 1. The lowest BCUT2D eigenvalue weighted by Gasteiger charge is -2.38. The lowest BCUT2D eigenvalue weighted by atomic mass is 10.1. The van der Waals surface area contributed by atoms with E-state index in [1.165, 1.54) is 0 Å². The molecular formula is C12H20N6O. The van der Waals surface area contributed by atoms with E-state index in [4.69, 9.17) is 5.73 Å². The number of anilines is 1. The fourth-order valence-electron chi connectivity index (χ4n) is 2.19. The molecule has 1 aliphatic heterocycles. The molecule has 2 heterocycles. The van der Waals surface area contributed by atoms with Crippen LogP contribution in [0, 0.1) is 0 Å². The Hall–Kier alpha value is -1.57. The number of aromatic nitrogens is 2. The number of nitrogens with two attached hydrogens (primary N) is 1. The third-order valence-corrected chi connectivity index (χ3v) is 3.24. The molecule has 1 atom stereocenters. The molecule has 1 fully saturated rings. The number of carbonyl (C=O) groups is 1. The summed E-state index contributed by atoms with van der Waals surface area (Å²) in [6.45, 7) is 3.58. The number of hydrogen-bond acceptors (Lipinski definition) is 6. The first kappa shape index (κ1) is 13.9. The smallest absolute Gasteiger partial charge is 0.240 e. The van der Waals surface area contributed by atoms with Crippen LogP contribution in [0.2, 0.25) is 0 Å². The van der Waals surface area contributed by atoms with Crippen LogP contribution >= 0.6 is 0 Å². The van der Waals surface area contributed by atoms with Gasteiger partial charge in [-0.05, 0) is 13.1 Å². The molecule has 3 N–H and O–H groups in total. The van der Waals surface area contributed by atoms with Crippen LogP contribution in [0.1, 0.15) is 0 Å². The van der Waals surface area contributed by atoms with Crippen molar-refractivity contribution in [3.63, 3.8) is 0 Å². The molecule has 0 aromatic carbocycles. The van der Waals surface area contributed by atoms with Crippen molar-refractivity contribution in [2.75, 3.05) is 45.1 Å². The summed E-state index contributed by atoms with van der Waals surface area (Å²) in [5, 5.41) is 2.69. The lowest BCUT2D eigenvalue weighted by molar-refractivity contribution is -0.118. The zero-order chi connectivity index (χ0) is 13.7. The average molecular weight is 264 g/mol. The van der Waals surface area contributed by atoms with Crippen molar-refractivity contribution in [2.24, 2.45) is 5.73 Å². The van der Waals surface area contributed by atoms with Crippen molar-refractivity contribution in [2.45, 2.75) is 6.04 Å². The van der Waals surface area contributed by atoms with Gasteiger partial charge in [-0.2, -0.15) is 0 Å². The molecule has 7 heteroatoms. The predicted octanol–water partition coefficient (Wildman–Crippen LogP) is -1.01. The summed E-state index contributed by atoms with van der Waals surface area (Å²) < 4.78 is 0. The Morgan fingerprint density at radius 2 is 2.21 bits per heavy atom. The standard InChI is InChI=1S/C12H20N6O/c1-17-5-6-18(10(7-13)8-17)9-11(19)16-12-14-3-2-4-15-12/h2-4,10H,5-9,13H2,1H3,(H,14,15,16,19). The summed E-state index contributed by atoms with van der Waals surface area (Å²) >= 11 is 0. The summed E-state index contributed by atoms with van der Waals surface area (Å²) in [5.41, 5.74) is 5.76. The van der Waals surface area contributed by atoms with Gasteiger partial charge in [-0.3, -0.25) is 15.0 Å². The van der Waals surface area contributed by atoms with E-state index in [2.05, 4.69) is 32.1 Å². The molecule has 1 amide bonds. The average Bonchev–Trinajstić information content (AvgIpc) is 2.42. The SMILES string of the molecule is CN1CCN(CC(=O)Nc2ncccn2)C(CN)C1. The Morgan fingerprint density at radius 1 is 1.47 bits per heavy atom. The van der Waals surface area contributed by atoms with Crippen LogP contribution in [0.3, 0.4) is 0 Å². The normalized spacial score (nSPS) is 21.3. The highest BCUT2D eigenvalue weighted by molar-refractivity contribution is 5.90. The van der Waals surface area contributed by atoms with Crippen molar-refractivity contribution < 1.29 is 4.79 Å². The van der Waals surface area contributed by atoms with E-state index < -0.39 is 0 Å². The number of hydrogen-bond donors (Lipinski definition) is 2. The summed E-state index contributed by atoms with van der Waals surface area (Å²) in [5.74, 6) is 0.236. The summed E-state index contributed by atoms with van der Waals surface area (Å²) in [6.07, 6.45) is 3.20. The third-order valence-electron chi connectivity index (χ3n) is 3.24. The molecule has 2 rings (SSSR count). The van der Waals surface area contributed by atoms with Crippen LogP contribution in [-0.4, -0.2) is 71.5 Å². The second-order valence-electron chi connectivity index (χ2n) is 4.74. The molecule has 1 saturated heterocycles. The van der Waals surface area contributed by atoms with E-state index in [1.54, 1.807) is 18.5 Å². The van der Waals surface area contributed by atoms with Gasteiger partial charge in [-0.25, -0.2) is 9.97 Å². The van der Waals surface area contributed by atoms with Crippen molar-refractivity contribution >= 4 is 11.9 Å². The highest BCUT2D eigenvalue weighted by Crippen LogP contribution is 2.07. The zero-order valence-electron chi connectivity index (χ0n) is 11.1. The van der Waals surface area contributed by atoms with Gasteiger partial charge < -0.3 is 10.6 Å². The van der Waals surface area contributed by atoms with Crippen LogP contribution in [0.25, 0.3) is 0 Å². The van der Waals surface area contributed by atoms with E-state index in [0.29, 0.717) is 19.0 Å². The van der Waals surface area contributed by atoms with Crippen molar-refractivity contribution in [3.8, 4) is 0 Å². The minimum absolute atomic E-state index is 0.103. The van der Waals surface area contributed by atoms with E-state index in [-0.39, 0.29) is 11.9 Å². The van der Waals surface area contributed by atoms with Gasteiger partial charge >= 0.3 is 0 Å². The summed E-state index contributed by atoms with van der Waals surface area (Å²) in [4.78, 5) is 24.2. The molecule has 1 aromatic rings. The summed E-state index contributed by atoms with van der Waals surface area (Å²) in [6, 6.07) is 1.93. The second-order valence-corrected chi connectivity index (χ2v) is 4.74. The highest BCUT2D eigenvalue weighted by atomic mass is 16.2. The first-order valence-electron chi connectivity index (χ1n) is 6.38. The van der Waals surface area contributed by atoms with Gasteiger partial charge in [-0.1, -0.05) is 0 Å². The number of carbonyl (C=O) groups excluding carboxylic acids is 1. The maximum atomic E-state index is 11.9. The Kier molecular flexibility index (Phi) is 4.78. The molecule has 0 radical (unpaired) electrons. The molecule has 1 unspecified atom stereocenters. The van der Waals surface area contributed by atoms with Gasteiger partial charge in [0, 0.05) is 44.6 Å². The van der Waals surface area contributed by atoms with Crippen molar-refractivity contribution in [1.82, 2.24) is 19.8 Å². The van der Waals surface area contributed by atoms with Crippen LogP contribution in [0.4, 0.5) is 5.95 Å². The van der Waals surface area contributed by atoms with Gasteiger partial charge in [-0.15, -0.1) is 0 Å². The third kappa shape index (κ3) is 3.95. The number of rotatable bonds is 4. The molecule has 1 aliphatic rings. The first-order chi connectivity index (χ1) is 9.19. The topological polar surface area (TPSA) is 87.4 Å². The molecule has 0 spiro atoms. The number of nitrogens with one attached hydrogen (secondary N) is 1. The minimum Gasteiger partial charge on any atom is -0.329 e. The quantitative estimate of drug-likeness (QED) is 0.724. The van der Waals surface area contributed by atoms with E-state index in [0.717, 1.165) is 19.6 Å². The molecule has 19 heavy (non-hydrogen) atoms. The first-order valence-corrected chi connectivity index (χ1v) is 6.38. The predicted molar refractivity (Wildman–Crippen MR) is 72.6 cm³/mol. The van der Waals surface area contributed by atoms with Crippen molar-refractivity contribution in [1.29, 1.82) is 0 Å². The fraction of sp³-hybridized carbons (Fsp3) is 0.583. The van der Waals surface area contributed by atoms with Gasteiger partial charge in [0.1, 0.15) is 0 Å². The van der Waals surface area contributed by atoms with Crippen molar-refractivity contribution in [3.05, 3.63) is 18.5 Å². The van der Waals surface area contributed by atoms with Crippen LogP contribution in [-0.2, 0) is 4.79 Å². The molecular weight excluding hydrogens is 244 g/mol. The number of nitrogens with zero attached hydrogens (tertiary/aromatic N) is 4. The van der Waals surface area contributed by atoms with E-state index in [9.17, 15) is 4.79 Å². The van der Waals surface area contributed by atoms with Crippen LogP contribution < -0.4 is 11.1 Å². The molecule has 0 saturated carbocycles. The van der Waals surface area contributed by atoms with Gasteiger partial charge in [0.15, 0.2) is 0 Å². The molecule has 0 bridgehead atoms. The maximum Gasteiger partial charge on any atom is 0.240 e. The Labute approximate surface area is 112 Å². The Bertz CT molecular complexity index is 412. The molecule has 0 aliphatic carbocycles. The van der Waals surface area contributed by atoms with Gasteiger partial charge in [0.25, 0.3) is 0 Å². The number of likely N-dealkylation sites (N-methyl/N-ethyl adjacent to an activating group) is 1. The van der Waals surface area contributed by atoms with Crippen LogP contribution in [0.5, 0.6) is 0 Å². The fourth-order valence-corrected chi connectivity index (χ4v) is 2.19. The monoisotopic (exact) mass is 264 g/mol. The molecule has 104 valence electrons. The van der Waals surface area contributed by atoms with E-state index in [1.807, 2.05) is 0 Å². The number of piperazine rings is 1. The minimum atomic E-state index is -0.103. The Balaban J connectivity index is 1.87. The largest absolute Gasteiger partial charge is 0.329 e. The molecule has 1 aromatic heterocycles. The summed E-state index contributed by atoms with van der Waals surface area (Å²) in [7, 11) is 2.07. The Morgan fingerprint density at radius 3 is 2.89 bits per heavy atom. The molecule has 7 nitrogen and oxygen atoms in total. The zero-order valence-corrected chi connectivity index (χ0v) is 11.1. The van der Waals surface area contributed by atoms with Crippen LogP contribution in [0.15, 0.2) is 18.5 Å². The second kappa shape index (κ2) is 6.55. The highest BCUT2D eigenvalue weighted by Gasteiger charge is 2.25. The van der Waals surface area contributed by atoms with Gasteiger partial charge in [0.05, 0.1) is 6.54 Å².